The Kier molecular flexibility index (Phi) is 4.63. The Morgan fingerprint density at radius 1 is 1.33 bits per heavy atom. The van der Waals surface area contributed by atoms with Gasteiger partial charge in [-0.2, -0.15) is 0 Å². The van der Waals surface area contributed by atoms with Gasteiger partial charge in [-0.05, 0) is 44.1 Å². The van der Waals surface area contributed by atoms with Crippen LogP contribution in [0.25, 0.3) is 10.7 Å². The van der Waals surface area contributed by atoms with Crippen LogP contribution in [0.1, 0.15) is 51.5 Å². The van der Waals surface area contributed by atoms with Gasteiger partial charge in [-0.1, -0.05) is 30.7 Å². The van der Waals surface area contributed by atoms with E-state index >= 15 is 0 Å². The van der Waals surface area contributed by atoms with E-state index in [-0.39, 0.29) is 11.2 Å². The van der Waals surface area contributed by atoms with Gasteiger partial charge < -0.3 is 5.32 Å². The quantitative estimate of drug-likeness (QED) is 0.792. The van der Waals surface area contributed by atoms with Crippen molar-refractivity contribution in [2.45, 2.75) is 67.9 Å². The summed E-state index contributed by atoms with van der Waals surface area (Å²) in [6.45, 7) is 1.96. The first-order valence-corrected chi connectivity index (χ1v) is 10.4. The molecule has 1 atom stereocenters. The highest BCUT2D eigenvalue weighted by Gasteiger charge is 2.32. The van der Waals surface area contributed by atoms with Crippen molar-refractivity contribution in [2.75, 3.05) is 0 Å². The van der Waals surface area contributed by atoms with E-state index in [4.69, 9.17) is 0 Å². The Bertz CT molecular complexity index is 702. The summed E-state index contributed by atoms with van der Waals surface area (Å²) in [6, 6.07) is 4.97. The van der Waals surface area contributed by atoms with Gasteiger partial charge in [0.2, 0.25) is 5.91 Å². The van der Waals surface area contributed by atoms with Gasteiger partial charge in [-0.25, -0.2) is 0 Å². The summed E-state index contributed by atoms with van der Waals surface area (Å²) < 4.78 is 2.23. The van der Waals surface area contributed by atoms with Crippen molar-refractivity contribution < 1.29 is 4.79 Å². The molecule has 5 nitrogen and oxygen atoms in total. The Balaban J connectivity index is 1.48. The fraction of sp³-hybridized carbons (Fsp3) is 0.588. The zero-order valence-electron chi connectivity index (χ0n) is 13.8. The van der Waals surface area contributed by atoms with Crippen LogP contribution in [0.4, 0.5) is 0 Å². The van der Waals surface area contributed by atoms with Gasteiger partial charge in [0.05, 0.1) is 10.1 Å². The van der Waals surface area contributed by atoms with Crippen LogP contribution in [0.5, 0.6) is 0 Å². The summed E-state index contributed by atoms with van der Waals surface area (Å²) in [4.78, 5) is 13.6. The van der Waals surface area contributed by atoms with E-state index in [0.29, 0.717) is 12.1 Å². The minimum Gasteiger partial charge on any atom is -0.352 e. The molecule has 2 aromatic rings. The molecule has 0 radical (unpaired) electrons. The number of thiophene rings is 1. The first-order chi connectivity index (χ1) is 11.7. The van der Waals surface area contributed by atoms with Crippen LogP contribution in [0, 0.1) is 0 Å². The standard InChI is InChI=1S/C17H22N4OS2/c1-11(16(22)18-12-5-2-3-6-12)24-17-20-19-15(14-7-4-10-23-14)21(17)13-8-9-13/h4,7,10-13H,2-3,5-6,8-9H2,1H3,(H,18,22). The highest BCUT2D eigenvalue weighted by atomic mass is 32.2. The lowest BCUT2D eigenvalue weighted by molar-refractivity contribution is -0.120. The van der Waals surface area contributed by atoms with Crippen molar-refractivity contribution in [1.29, 1.82) is 0 Å². The van der Waals surface area contributed by atoms with Crippen molar-refractivity contribution in [3.05, 3.63) is 17.5 Å². The summed E-state index contributed by atoms with van der Waals surface area (Å²) >= 11 is 3.21. The number of nitrogens with zero attached hydrogens (tertiary/aromatic N) is 3. The van der Waals surface area contributed by atoms with Crippen LogP contribution in [-0.4, -0.2) is 32.0 Å². The molecule has 2 saturated carbocycles. The number of carbonyl (C=O) groups excluding carboxylic acids is 1. The number of hydrogen-bond donors (Lipinski definition) is 1. The second kappa shape index (κ2) is 6.88. The smallest absolute Gasteiger partial charge is 0.233 e. The molecule has 1 N–H and O–H groups in total. The van der Waals surface area contributed by atoms with Crippen LogP contribution in [-0.2, 0) is 4.79 Å². The Hall–Kier alpha value is -1.34. The second-order valence-electron chi connectivity index (χ2n) is 6.63. The third-order valence-electron chi connectivity index (χ3n) is 4.67. The van der Waals surface area contributed by atoms with Crippen molar-refractivity contribution >= 4 is 29.0 Å². The maximum absolute atomic E-state index is 12.4. The molecule has 0 bridgehead atoms. The monoisotopic (exact) mass is 362 g/mol. The molecular weight excluding hydrogens is 340 g/mol. The zero-order chi connectivity index (χ0) is 16.5. The number of thioether (sulfide) groups is 1. The van der Waals surface area contributed by atoms with Gasteiger partial charge >= 0.3 is 0 Å². The third-order valence-corrected chi connectivity index (χ3v) is 6.59. The molecule has 2 heterocycles. The van der Waals surface area contributed by atoms with E-state index in [0.717, 1.165) is 28.7 Å². The minimum absolute atomic E-state index is 0.120. The minimum atomic E-state index is -0.150. The number of nitrogens with one attached hydrogen (secondary N) is 1. The zero-order valence-corrected chi connectivity index (χ0v) is 15.4. The lowest BCUT2D eigenvalue weighted by atomic mass is 10.2. The van der Waals surface area contributed by atoms with E-state index in [9.17, 15) is 4.79 Å². The predicted octanol–water partition coefficient (Wildman–Crippen LogP) is 3.88. The number of carbonyl (C=O) groups is 1. The third kappa shape index (κ3) is 3.37. The summed E-state index contributed by atoms with van der Waals surface area (Å²) in [5, 5.41) is 14.8. The molecule has 1 amide bonds. The fourth-order valence-corrected chi connectivity index (χ4v) is 4.83. The van der Waals surface area contributed by atoms with Gasteiger partial charge in [0, 0.05) is 12.1 Å². The average molecular weight is 363 g/mol. The van der Waals surface area contributed by atoms with E-state index in [1.54, 1.807) is 11.3 Å². The lowest BCUT2D eigenvalue weighted by Crippen LogP contribution is -2.37. The second-order valence-corrected chi connectivity index (χ2v) is 8.89. The summed E-state index contributed by atoms with van der Waals surface area (Å²) in [6.07, 6.45) is 7.03. The molecule has 2 fully saturated rings. The van der Waals surface area contributed by atoms with Crippen molar-refractivity contribution in [3.63, 3.8) is 0 Å². The summed E-state index contributed by atoms with van der Waals surface area (Å²) in [7, 11) is 0. The fourth-order valence-electron chi connectivity index (χ4n) is 3.19. The van der Waals surface area contributed by atoms with Crippen LogP contribution in [0.2, 0.25) is 0 Å². The predicted molar refractivity (Wildman–Crippen MR) is 97.3 cm³/mol. The SMILES string of the molecule is CC(Sc1nnc(-c2cccs2)n1C1CC1)C(=O)NC1CCCC1. The molecule has 0 saturated heterocycles. The molecule has 0 aromatic carbocycles. The number of rotatable bonds is 6. The van der Waals surface area contributed by atoms with E-state index in [1.165, 1.54) is 37.4 Å². The molecule has 128 valence electrons. The normalized spacial score (nSPS) is 19.5. The number of hydrogen-bond acceptors (Lipinski definition) is 5. The van der Waals surface area contributed by atoms with Crippen LogP contribution in [0.15, 0.2) is 22.7 Å². The molecule has 2 aliphatic carbocycles. The first kappa shape index (κ1) is 16.1. The number of amides is 1. The van der Waals surface area contributed by atoms with Gasteiger partial charge in [-0.15, -0.1) is 21.5 Å². The van der Waals surface area contributed by atoms with Crippen molar-refractivity contribution in [1.82, 2.24) is 20.1 Å². The van der Waals surface area contributed by atoms with Gasteiger partial charge in [0.15, 0.2) is 11.0 Å². The topological polar surface area (TPSA) is 59.8 Å². The molecule has 0 aliphatic heterocycles. The lowest BCUT2D eigenvalue weighted by Gasteiger charge is -2.16. The van der Waals surface area contributed by atoms with Crippen LogP contribution in [0.3, 0.4) is 0 Å². The maximum Gasteiger partial charge on any atom is 0.233 e. The Morgan fingerprint density at radius 2 is 2.12 bits per heavy atom. The molecule has 4 rings (SSSR count). The highest BCUT2D eigenvalue weighted by Crippen LogP contribution is 2.42. The molecule has 0 spiro atoms. The number of aromatic nitrogens is 3. The van der Waals surface area contributed by atoms with Gasteiger partial charge in [-0.3, -0.25) is 9.36 Å². The van der Waals surface area contributed by atoms with E-state index in [1.807, 2.05) is 13.0 Å². The molecule has 2 aromatic heterocycles. The Labute approximate surface area is 150 Å². The Morgan fingerprint density at radius 3 is 2.79 bits per heavy atom. The molecule has 7 heteroatoms. The highest BCUT2D eigenvalue weighted by molar-refractivity contribution is 8.00. The largest absolute Gasteiger partial charge is 0.352 e. The summed E-state index contributed by atoms with van der Waals surface area (Å²) in [5.74, 6) is 1.06. The van der Waals surface area contributed by atoms with E-state index < -0.39 is 0 Å². The van der Waals surface area contributed by atoms with Gasteiger partial charge in [0.25, 0.3) is 0 Å². The van der Waals surface area contributed by atoms with Crippen molar-refractivity contribution in [3.8, 4) is 10.7 Å². The summed E-state index contributed by atoms with van der Waals surface area (Å²) in [5.41, 5.74) is 0. The van der Waals surface area contributed by atoms with Crippen molar-refractivity contribution in [2.24, 2.45) is 0 Å². The van der Waals surface area contributed by atoms with Crippen LogP contribution >= 0.6 is 23.1 Å². The van der Waals surface area contributed by atoms with E-state index in [2.05, 4.69) is 31.5 Å². The molecular formula is C17H22N4OS2. The van der Waals surface area contributed by atoms with Gasteiger partial charge in [0.1, 0.15) is 0 Å². The molecule has 24 heavy (non-hydrogen) atoms. The molecule has 2 aliphatic rings. The average Bonchev–Trinajstić information content (AvgIpc) is 3.01. The first-order valence-electron chi connectivity index (χ1n) is 8.68. The van der Waals surface area contributed by atoms with Crippen LogP contribution < -0.4 is 5.32 Å². The molecule has 1 unspecified atom stereocenters. The maximum atomic E-state index is 12.4.